The molecule has 1 N–H and O–H groups in total. The van der Waals surface area contributed by atoms with Crippen LogP contribution in [0.15, 0.2) is 24.3 Å². The first-order chi connectivity index (χ1) is 8.79. The highest BCUT2D eigenvalue weighted by Crippen LogP contribution is 2.25. The molecule has 18 heavy (non-hydrogen) atoms. The van der Waals surface area contributed by atoms with Crippen LogP contribution in [0.2, 0.25) is 0 Å². The molecule has 1 saturated carbocycles. The molecule has 0 spiro atoms. The van der Waals surface area contributed by atoms with Crippen LogP contribution < -0.4 is 10.1 Å². The van der Waals surface area contributed by atoms with Crippen molar-refractivity contribution in [1.82, 2.24) is 5.32 Å². The molecular weight excluding hydrogens is 222 g/mol. The molecule has 100 valence electrons. The van der Waals surface area contributed by atoms with E-state index >= 15 is 0 Å². The van der Waals surface area contributed by atoms with Crippen molar-refractivity contribution in [2.24, 2.45) is 0 Å². The Morgan fingerprint density at radius 3 is 2.89 bits per heavy atom. The van der Waals surface area contributed by atoms with E-state index in [4.69, 9.17) is 4.74 Å². The van der Waals surface area contributed by atoms with Gasteiger partial charge in [0, 0.05) is 6.04 Å². The first-order valence-corrected chi connectivity index (χ1v) is 7.25. The van der Waals surface area contributed by atoms with E-state index in [-0.39, 0.29) is 0 Å². The van der Waals surface area contributed by atoms with Gasteiger partial charge >= 0.3 is 0 Å². The van der Waals surface area contributed by atoms with E-state index in [1.807, 2.05) is 0 Å². The van der Waals surface area contributed by atoms with E-state index in [1.54, 1.807) is 0 Å². The standard InChI is InChI=1S/C16H25NO/c1-3-11-17-14-8-6-9-15(12-14)18-16-10-5-4-7-13(16)2/h4-5,7,10,14-15,17H,3,6,8-9,11-12H2,1-2H3. The maximum Gasteiger partial charge on any atom is 0.122 e. The highest BCUT2D eigenvalue weighted by atomic mass is 16.5. The molecule has 1 aliphatic rings. The predicted octanol–water partition coefficient (Wildman–Crippen LogP) is 3.68. The zero-order valence-electron chi connectivity index (χ0n) is 11.6. The highest BCUT2D eigenvalue weighted by molar-refractivity contribution is 5.31. The number of nitrogens with one attached hydrogen (secondary N) is 1. The van der Waals surface area contributed by atoms with Gasteiger partial charge in [0.1, 0.15) is 11.9 Å². The van der Waals surface area contributed by atoms with Crippen LogP contribution in [0.5, 0.6) is 5.75 Å². The molecule has 2 atom stereocenters. The number of rotatable bonds is 5. The van der Waals surface area contributed by atoms with Crippen molar-refractivity contribution < 1.29 is 4.74 Å². The lowest BCUT2D eigenvalue weighted by Crippen LogP contribution is -2.38. The molecular formula is C16H25NO. The van der Waals surface area contributed by atoms with Gasteiger partial charge in [0.15, 0.2) is 0 Å². The van der Waals surface area contributed by atoms with E-state index in [2.05, 4.69) is 43.4 Å². The molecule has 0 saturated heterocycles. The van der Waals surface area contributed by atoms with Crippen molar-refractivity contribution in [2.75, 3.05) is 6.54 Å². The first kappa shape index (κ1) is 13.4. The maximum absolute atomic E-state index is 6.16. The van der Waals surface area contributed by atoms with Crippen molar-refractivity contribution in [1.29, 1.82) is 0 Å². The third-order valence-electron chi connectivity index (χ3n) is 3.70. The summed E-state index contributed by atoms with van der Waals surface area (Å²) in [6, 6.07) is 8.96. The third-order valence-corrected chi connectivity index (χ3v) is 3.70. The maximum atomic E-state index is 6.16. The van der Waals surface area contributed by atoms with Crippen LogP contribution in [0, 0.1) is 6.92 Å². The van der Waals surface area contributed by atoms with Crippen LogP contribution in [-0.4, -0.2) is 18.7 Å². The van der Waals surface area contributed by atoms with Gasteiger partial charge in [-0.25, -0.2) is 0 Å². The fourth-order valence-electron chi connectivity index (χ4n) is 2.65. The number of para-hydroxylation sites is 1. The molecule has 2 nitrogen and oxygen atoms in total. The number of hydrogen-bond donors (Lipinski definition) is 1. The molecule has 0 amide bonds. The zero-order chi connectivity index (χ0) is 12.8. The van der Waals surface area contributed by atoms with E-state index < -0.39 is 0 Å². The molecule has 2 rings (SSSR count). The Morgan fingerprint density at radius 1 is 1.28 bits per heavy atom. The summed E-state index contributed by atoms with van der Waals surface area (Å²) >= 11 is 0. The lowest BCUT2D eigenvalue weighted by molar-refractivity contribution is 0.134. The van der Waals surface area contributed by atoms with Crippen molar-refractivity contribution in [3.05, 3.63) is 29.8 Å². The molecule has 0 aliphatic heterocycles. The van der Waals surface area contributed by atoms with Gasteiger partial charge in [-0.15, -0.1) is 0 Å². The molecule has 0 aromatic heterocycles. The number of aryl methyl sites for hydroxylation is 1. The van der Waals surface area contributed by atoms with Gasteiger partial charge in [-0.05, 0) is 57.2 Å². The minimum Gasteiger partial charge on any atom is -0.490 e. The second-order valence-corrected chi connectivity index (χ2v) is 5.32. The Hall–Kier alpha value is -1.02. The minimum absolute atomic E-state index is 0.384. The Bertz CT molecular complexity index is 364. The second kappa shape index (κ2) is 6.79. The Balaban J connectivity index is 1.87. The van der Waals surface area contributed by atoms with Gasteiger partial charge in [0.2, 0.25) is 0 Å². The topological polar surface area (TPSA) is 21.3 Å². The number of ether oxygens (including phenoxy) is 1. The lowest BCUT2D eigenvalue weighted by atomic mass is 9.92. The molecule has 1 fully saturated rings. The molecule has 2 heteroatoms. The average Bonchev–Trinajstić information content (AvgIpc) is 2.40. The monoisotopic (exact) mass is 247 g/mol. The van der Waals surface area contributed by atoms with Crippen LogP contribution in [0.4, 0.5) is 0 Å². The molecule has 1 aromatic carbocycles. The first-order valence-electron chi connectivity index (χ1n) is 7.25. The van der Waals surface area contributed by atoms with Crippen molar-refractivity contribution in [3.63, 3.8) is 0 Å². The zero-order valence-corrected chi connectivity index (χ0v) is 11.6. The van der Waals surface area contributed by atoms with Gasteiger partial charge in [0.05, 0.1) is 0 Å². The van der Waals surface area contributed by atoms with Crippen LogP contribution in [-0.2, 0) is 0 Å². The summed E-state index contributed by atoms with van der Waals surface area (Å²) in [5.74, 6) is 1.05. The second-order valence-electron chi connectivity index (χ2n) is 5.32. The highest BCUT2D eigenvalue weighted by Gasteiger charge is 2.22. The van der Waals surface area contributed by atoms with Gasteiger partial charge in [-0.3, -0.25) is 0 Å². The van der Waals surface area contributed by atoms with Crippen molar-refractivity contribution in [2.45, 2.75) is 58.1 Å². The summed E-state index contributed by atoms with van der Waals surface area (Å²) in [5.41, 5.74) is 1.24. The lowest BCUT2D eigenvalue weighted by Gasteiger charge is -2.30. The minimum atomic E-state index is 0.384. The van der Waals surface area contributed by atoms with Crippen LogP contribution >= 0.6 is 0 Å². The van der Waals surface area contributed by atoms with Crippen LogP contribution in [0.25, 0.3) is 0 Å². The molecule has 1 aromatic rings. The van der Waals surface area contributed by atoms with Crippen LogP contribution in [0.3, 0.4) is 0 Å². The molecule has 2 unspecified atom stereocenters. The smallest absolute Gasteiger partial charge is 0.122 e. The SMILES string of the molecule is CCCNC1CCCC(Oc2ccccc2C)C1. The van der Waals surface area contributed by atoms with Gasteiger partial charge in [-0.2, -0.15) is 0 Å². The van der Waals surface area contributed by atoms with Crippen molar-refractivity contribution in [3.8, 4) is 5.75 Å². The summed E-state index contributed by atoms with van der Waals surface area (Å²) in [6.07, 6.45) is 6.51. The predicted molar refractivity (Wildman–Crippen MR) is 76.1 cm³/mol. The normalized spacial score (nSPS) is 23.9. The van der Waals surface area contributed by atoms with E-state index in [0.29, 0.717) is 12.1 Å². The summed E-state index contributed by atoms with van der Waals surface area (Å²) in [4.78, 5) is 0. The third kappa shape index (κ3) is 3.74. The number of hydrogen-bond acceptors (Lipinski definition) is 2. The summed E-state index contributed by atoms with van der Waals surface area (Å²) in [6.45, 7) is 5.46. The molecule has 0 radical (unpaired) electrons. The van der Waals surface area contributed by atoms with Gasteiger partial charge in [-0.1, -0.05) is 25.1 Å². The summed E-state index contributed by atoms with van der Waals surface area (Å²) in [7, 11) is 0. The Labute approximate surface area is 111 Å². The van der Waals surface area contributed by atoms with Crippen molar-refractivity contribution >= 4 is 0 Å². The van der Waals surface area contributed by atoms with E-state index in [1.165, 1.54) is 31.2 Å². The average molecular weight is 247 g/mol. The molecule has 0 heterocycles. The molecule has 1 aliphatic carbocycles. The largest absolute Gasteiger partial charge is 0.490 e. The summed E-state index contributed by atoms with van der Waals surface area (Å²) in [5, 5.41) is 3.62. The fourth-order valence-corrected chi connectivity index (χ4v) is 2.65. The van der Waals surface area contributed by atoms with Crippen LogP contribution in [0.1, 0.15) is 44.6 Å². The fraction of sp³-hybridized carbons (Fsp3) is 0.625. The van der Waals surface area contributed by atoms with Gasteiger partial charge < -0.3 is 10.1 Å². The number of benzene rings is 1. The quantitative estimate of drug-likeness (QED) is 0.857. The van der Waals surface area contributed by atoms with E-state index in [9.17, 15) is 0 Å². The molecule has 0 bridgehead atoms. The Morgan fingerprint density at radius 2 is 2.11 bits per heavy atom. The van der Waals surface area contributed by atoms with E-state index in [0.717, 1.165) is 18.7 Å². The van der Waals surface area contributed by atoms with Gasteiger partial charge in [0.25, 0.3) is 0 Å². The summed E-state index contributed by atoms with van der Waals surface area (Å²) < 4.78 is 6.16. The Kier molecular flexibility index (Phi) is 5.06.